The average Bonchev–Trinajstić information content (AvgIpc) is 3.37. The summed E-state index contributed by atoms with van der Waals surface area (Å²) in [4.78, 5) is 12.7. The molecule has 3 aromatic carbocycles. The summed E-state index contributed by atoms with van der Waals surface area (Å²) in [5.41, 5.74) is 2.23. The minimum atomic E-state index is -3.77. The summed E-state index contributed by atoms with van der Waals surface area (Å²) >= 11 is 7.68. The Morgan fingerprint density at radius 3 is 2.21 bits per heavy atom. The van der Waals surface area contributed by atoms with Gasteiger partial charge in [-0.05, 0) is 59.4 Å². The van der Waals surface area contributed by atoms with Crippen molar-refractivity contribution in [2.24, 2.45) is 0 Å². The highest BCUT2D eigenvalue weighted by Crippen LogP contribution is 2.24. The number of carbonyl (C=O) groups excluding carboxylic acids is 1. The number of halogens is 1. The summed E-state index contributed by atoms with van der Waals surface area (Å²) in [6.45, 7) is 1.01. The predicted octanol–water partition coefficient (Wildman–Crippen LogP) is 5.48. The largest absolute Gasteiger partial charge is 0.351 e. The van der Waals surface area contributed by atoms with Gasteiger partial charge in [-0.1, -0.05) is 60.1 Å². The Morgan fingerprint density at radius 1 is 0.941 bits per heavy atom. The van der Waals surface area contributed by atoms with Crippen LogP contribution < -0.4 is 5.32 Å². The van der Waals surface area contributed by atoms with Crippen LogP contribution in [0.15, 0.2) is 95.2 Å². The highest BCUT2D eigenvalue weighted by Gasteiger charge is 2.25. The second kappa shape index (κ2) is 11.2. The van der Waals surface area contributed by atoms with Crippen LogP contribution in [-0.2, 0) is 23.1 Å². The van der Waals surface area contributed by atoms with Crippen molar-refractivity contribution in [3.63, 3.8) is 0 Å². The van der Waals surface area contributed by atoms with Crippen LogP contribution in [0.4, 0.5) is 0 Å². The molecular weight excluding hydrogens is 488 g/mol. The van der Waals surface area contributed by atoms with Gasteiger partial charge in [0.15, 0.2) is 0 Å². The fourth-order valence-corrected chi connectivity index (χ4v) is 5.99. The zero-order valence-corrected chi connectivity index (χ0v) is 20.8. The molecule has 1 aliphatic rings. The number of rotatable bonds is 9. The Hall–Kier alpha value is -2.58. The molecule has 0 aliphatic carbocycles. The smallest absolute Gasteiger partial charge is 0.251 e. The maximum Gasteiger partial charge on any atom is 0.251 e. The molecule has 1 unspecified atom stereocenters. The highest BCUT2D eigenvalue weighted by atomic mass is 35.5. The second-order valence-electron chi connectivity index (χ2n) is 7.99. The van der Waals surface area contributed by atoms with E-state index in [9.17, 15) is 13.2 Å². The van der Waals surface area contributed by atoms with Crippen LogP contribution in [0.25, 0.3) is 0 Å². The number of allylic oxidation sites excluding steroid dienone is 1. The van der Waals surface area contributed by atoms with Gasteiger partial charge in [0.1, 0.15) is 0 Å². The number of nitrogens with zero attached hydrogens (tertiary/aromatic N) is 1. The molecule has 0 saturated heterocycles. The number of amides is 1. The molecule has 176 valence electrons. The zero-order chi connectivity index (χ0) is 24.0. The number of hydrogen-bond donors (Lipinski definition) is 1. The monoisotopic (exact) mass is 512 g/mol. The van der Waals surface area contributed by atoms with E-state index in [4.69, 9.17) is 11.6 Å². The first kappa shape index (κ1) is 24.5. The van der Waals surface area contributed by atoms with E-state index in [1.165, 1.54) is 16.4 Å². The van der Waals surface area contributed by atoms with Crippen molar-refractivity contribution in [2.45, 2.75) is 29.7 Å². The molecule has 0 fully saturated rings. The van der Waals surface area contributed by atoms with Crippen molar-refractivity contribution in [1.29, 1.82) is 0 Å². The molecule has 1 aliphatic heterocycles. The lowest BCUT2D eigenvalue weighted by Gasteiger charge is -2.23. The van der Waals surface area contributed by atoms with Crippen LogP contribution in [0, 0.1) is 0 Å². The highest BCUT2D eigenvalue weighted by molar-refractivity contribution is 8.03. The van der Waals surface area contributed by atoms with E-state index in [-0.39, 0.29) is 23.9 Å². The lowest BCUT2D eigenvalue weighted by Crippen LogP contribution is -2.31. The maximum absolute atomic E-state index is 13.5. The number of carbonyl (C=O) groups is 1. The van der Waals surface area contributed by atoms with Crippen LogP contribution in [0.2, 0.25) is 5.02 Å². The topological polar surface area (TPSA) is 66.5 Å². The van der Waals surface area contributed by atoms with Gasteiger partial charge in [-0.3, -0.25) is 4.79 Å². The molecule has 3 aromatic rings. The van der Waals surface area contributed by atoms with Gasteiger partial charge in [0.25, 0.3) is 5.91 Å². The van der Waals surface area contributed by atoms with Crippen molar-refractivity contribution in [3.8, 4) is 0 Å². The molecule has 1 heterocycles. The van der Waals surface area contributed by atoms with E-state index >= 15 is 0 Å². The van der Waals surface area contributed by atoms with E-state index in [1.54, 1.807) is 48.2 Å². The SMILES string of the molecule is O=C(NCC1CC=CS1)c1ccc(CN(Cc2ccccc2)S(=O)(=O)c2ccc(Cl)cc2)cc1. The third kappa shape index (κ3) is 6.30. The molecule has 0 aromatic heterocycles. The third-order valence-electron chi connectivity index (χ3n) is 5.48. The van der Waals surface area contributed by atoms with E-state index in [2.05, 4.69) is 16.8 Å². The predicted molar refractivity (Wildman–Crippen MR) is 138 cm³/mol. The molecule has 0 radical (unpaired) electrons. The molecule has 8 heteroatoms. The normalized spacial score (nSPS) is 15.5. The van der Waals surface area contributed by atoms with Crippen molar-refractivity contribution >= 4 is 39.3 Å². The van der Waals surface area contributed by atoms with E-state index < -0.39 is 10.0 Å². The summed E-state index contributed by atoms with van der Waals surface area (Å²) in [6.07, 6.45) is 3.07. The molecule has 4 rings (SSSR count). The first-order valence-corrected chi connectivity index (χ1v) is 13.6. The number of sulfonamides is 1. The summed E-state index contributed by atoms with van der Waals surface area (Å²) < 4.78 is 28.3. The summed E-state index contributed by atoms with van der Waals surface area (Å²) in [5.74, 6) is -0.131. The van der Waals surface area contributed by atoms with Crippen molar-refractivity contribution in [3.05, 3.63) is 112 Å². The van der Waals surface area contributed by atoms with E-state index in [0.717, 1.165) is 17.5 Å². The summed E-state index contributed by atoms with van der Waals surface area (Å²) in [7, 11) is -3.77. The average molecular weight is 513 g/mol. The quantitative estimate of drug-likeness (QED) is 0.412. The second-order valence-corrected chi connectivity index (χ2v) is 11.6. The Kier molecular flexibility index (Phi) is 8.11. The van der Waals surface area contributed by atoms with Gasteiger partial charge in [-0.25, -0.2) is 8.42 Å². The zero-order valence-electron chi connectivity index (χ0n) is 18.4. The Bertz CT molecular complexity index is 1240. The molecule has 0 saturated carbocycles. The molecule has 0 spiro atoms. The molecule has 1 N–H and O–H groups in total. The van der Waals surface area contributed by atoms with Crippen molar-refractivity contribution < 1.29 is 13.2 Å². The minimum Gasteiger partial charge on any atom is -0.351 e. The van der Waals surface area contributed by atoms with Gasteiger partial charge in [-0.2, -0.15) is 4.31 Å². The Labute approximate surface area is 209 Å². The first-order valence-electron chi connectivity index (χ1n) is 10.9. The molecular formula is C26H25ClN2O3S2. The van der Waals surface area contributed by atoms with Crippen LogP contribution in [-0.4, -0.2) is 30.4 Å². The van der Waals surface area contributed by atoms with E-state index in [1.807, 2.05) is 30.3 Å². The molecule has 1 atom stereocenters. The van der Waals surface area contributed by atoms with E-state index in [0.29, 0.717) is 22.4 Å². The number of thioether (sulfide) groups is 1. The first-order chi connectivity index (χ1) is 16.4. The number of benzene rings is 3. The van der Waals surface area contributed by atoms with Gasteiger partial charge in [0.2, 0.25) is 10.0 Å². The fraction of sp³-hybridized carbons (Fsp3) is 0.192. The molecule has 5 nitrogen and oxygen atoms in total. The van der Waals surface area contributed by atoms with Crippen LogP contribution in [0.5, 0.6) is 0 Å². The lowest BCUT2D eigenvalue weighted by atomic mass is 10.1. The van der Waals surface area contributed by atoms with Gasteiger partial charge in [0.05, 0.1) is 4.90 Å². The Balaban J connectivity index is 1.50. The standard InChI is InChI=1S/C26H25ClN2O3S2/c27-23-12-14-25(15-13-23)34(31,32)29(18-20-5-2-1-3-6-20)19-21-8-10-22(11-9-21)26(30)28-17-24-7-4-16-33-24/h1-6,8-16,24H,7,17-19H2,(H,28,30). The molecule has 1 amide bonds. The Morgan fingerprint density at radius 2 is 1.59 bits per heavy atom. The lowest BCUT2D eigenvalue weighted by molar-refractivity contribution is 0.0954. The van der Waals surface area contributed by atoms with Gasteiger partial charge in [0, 0.05) is 35.5 Å². The summed E-state index contributed by atoms with van der Waals surface area (Å²) in [5, 5.41) is 5.89. The fourth-order valence-electron chi connectivity index (χ4n) is 3.60. The molecule has 0 bridgehead atoms. The van der Waals surface area contributed by atoms with Crippen LogP contribution in [0.1, 0.15) is 27.9 Å². The van der Waals surface area contributed by atoms with Gasteiger partial charge >= 0.3 is 0 Å². The minimum absolute atomic E-state index is 0.131. The van der Waals surface area contributed by atoms with Crippen molar-refractivity contribution in [1.82, 2.24) is 9.62 Å². The number of nitrogens with one attached hydrogen (secondary N) is 1. The van der Waals surface area contributed by atoms with Gasteiger partial charge in [-0.15, -0.1) is 11.8 Å². The summed E-state index contributed by atoms with van der Waals surface area (Å²) in [6, 6.07) is 22.7. The van der Waals surface area contributed by atoms with Crippen molar-refractivity contribution in [2.75, 3.05) is 6.54 Å². The van der Waals surface area contributed by atoms with Crippen LogP contribution in [0.3, 0.4) is 0 Å². The third-order valence-corrected chi connectivity index (χ3v) is 8.64. The maximum atomic E-state index is 13.5. The molecule has 34 heavy (non-hydrogen) atoms. The van der Waals surface area contributed by atoms with Gasteiger partial charge < -0.3 is 5.32 Å². The van der Waals surface area contributed by atoms with Crippen LogP contribution >= 0.6 is 23.4 Å². The number of hydrogen-bond acceptors (Lipinski definition) is 4.